The van der Waals surface area contributed by atoms with Gasteiger partial charge in [0.2, 0.25) is 10.0 Å². The predicted octanol–water partition coefficient (Wildman–Crippen LogP) is 2.02. The van der Waals surface area contributed by atoms with E-state index in [1.54, 1.807) is 15.8 Å². The molecule has 1 aromatic heterocycles. The molecule has 6 heteroatoms. The number of rotatable bonds is 3. The van der Waals surface area contributed by atoms with E-state index < -0.39 is 10.0 Å². The fourth-order valence-electron chi connectivity index (χ4n) is 2.42. The molecule has 2 N–H and O–H groups in total. The van der Waals surface area contributed by atoms with Gasteiger partial charge in [-0.15, -0.1) is 11.3 Å². The Hall–Kier alpha value is -0.430. The van der Waals surface area contributed by atoms with E-state index >= 15 is 0 Å². The van der Waals surface area contributed by atoms with Crippen molar-refractivity contribution >= 4 is 21.4 Å². The van der Waals surface area contributed by atoms with Gasteiger partial charge in [-0.05, 0) is 29.7 Å². The van der Waals surface area contributed by atoms with Crippen LogP contribution in [0.1, 0.15) is 31.6 Å². The number of piperidine rings is 1. The van der Waals surface area contributed by atoms with Crippen molar-refractivity contribution < 1.29 is 8.42 Å². The summed E-state index contributed by atoms with van der Waals surface area (Å²) in [5, 5.41) is 1.80. The van der Waals surface area contributed by atoms with E-state index in [9.17, 15) is 8.42 Å². The summed E-state index contributed by atoms with van der Waals surface area (Å²) in [5.41, 5.74) is 5.66. The largest absolute Gasteiger partial charge is 0.326 e. The summed E-state index contributed by atoms with van der Waals surface area (Å²) in [4.78, 5) is 1.14. The summed E-state index contributed by atoms with van der Waals surface area (Å²) in [6.07, 6.45) is 2.00. The number of hydrogen-bond donors (Lipinski definition) is 1. The summed E-state index contributed by atoms with van der Waals surface area (Å²) in [7, 11) is -3.37. The lowest BCUT2D eigenvalue weighted by Gasteiger charge is -2.37. The van der Waals surface area contributed by atoms with Crippen molar-refractivity contribution in [1.29, 1.82) is 0 Å². The van der Waals surface area contributed by atoms with Gasteiger partial charge in [-0.1, -0.05) is 13.8 Å². The number of nitrogens with zero attached hydrogens (tertiary/aromatic N) is 1. The number of thiophene rings is 1. The Morgan fingerprint density at radius 2 is 2.22 bits per heavy atom. The fourth-order valence-corrected chi connectivity index (χ4v) is 5.39. The van der Waals surface area contributed by atoms with Gasteiger partial charge in [0.25, 0.3) is 0 Å². The van der Waals surface area contributed by atoms with Crippen molar-refractivity contribution in [2.75, 3.05) is 13.1 Å². The van der Waals surface area contributed by atoms with E-state index in [1.807, 2.05) is 0 Å². The molecule has 0 spiro atoms. The Balaban J connectivity index is 2.32. The van der Waals surface area contributed by atoms with Gasteiger partial charge in [0, 0.05) is 24.5 Å². The Morgan fingerprint density at radius 1 is 1.50 bits per heavy atom. The second-order valence-electron chi connectivity index (χ2n) is 5.52. The van der Waals surface area contributed by atoms with E-state index in [4.69, 9.17) is 5.73 Å². The van der Waals surface area contributed by atoms with Gasteiger partial charge < -0.3 is 5.73 Å². The summed E-state index contributed by atoms with van der Waals surface area (Å²) >= 11 is 1.41. The predicted molar refractivity (Wildman–Crippen MR) is 74.0 cm³/mol. The quantitative estimate of drug-likeness (QED) is 0.925. The molecule has 18 heavy (non-hydrogen) atoms. The first-order valence-electron chi connectivity index (χ1n) is 6.13. The van der Waals surface area contributed by atoms with Crippen LogP contribution in [0.3, 0.4) is 0 Å². The van der Waals surface area contributed by atoms with Crippen molar-refractivity contribution in [3.63, 3.8) is 0 Å². The lowest BCUT2D eigenvalue weighted by Crippen LogP contribution is -2.43. The Bertz CT molecular complexity index is 520. The van der Waals surface area contributed by atoms with Gasteiger partial charge in [0.05, 0.1) is 4.90 Å². The third-order valence-corrected chi connectivity index (χ3v) is 6.38. The molecule has 1 aliphatic rings. The molecule has 0 bridgehead atoms. The molecule has 0 unspecified atom stereocenters. The second-order valence-corrected chi connectivity index (χ2v) is 8.43. The number of hydrogen-bond acceptors (Lipinski definition) is 4. The lowest BCUT2D eigenvalue weighted by molar-refractivity contribution is 0.187. The first-order chi connectivity index (χ1) is 8.37. The maximum atomic E-state index is 12.6. The molecule has 1 fully saturated rings. The molecule has 2 rings (SSSR count). The van der Waals surface area contributed by atoms with Crippen LogP contribution in [0, 0.1) is 5.41 Å². The normalized spacial score (nSPS) is 21.1. The fraction of sp³-hybridized carbons (Fsp3) is 0.667. The zero-order valence-electron chi connectivity index (χ0n) is 10.8. The molecule has 0 saturated carbocycles. The van der Waals surface area contributed by atoms with Crippen molar-refractivity contribution in [3.8, 4) is 0 Å². The van der Waals surface area contributed by atoms with Crippen molar-refractivity contribution in [2.24, 2.45) is 11.1 Å². The third kappa shape index (κ3) is 2.61. The third-order valence-electron chi connectivity index (χ3n) is 3.37. The minimum atomic E-state index is -3.37. The van der Waals surface area contributed by atoms with Crippen LogP contribution in [0.25, 0.3) is 0 Å². The zero-order chi connectivity index (χ0) is 13.4. The summed E-state index contributed by atoms with van der Waals surface area (Å²) in [6.45, 7) is 5.72. The smallest absolute Gasteiger partial charge is 0.244 e. The molecule has 1 saturated heterocycles. The van der Waals surface area contributed by atoms with Crippen molar-refractivity contribution in [1.82, 2.24) is 4.31 Å². The van der Waals surface area contributed by atoms with Crippen molar-refractivity contribution in [3.05, 3.63) is 16.3 Å². The molecule has 4 nitrogen and oxygen atoms in total. The van der Waals surface area contributed by atoms with Crippen LogP contribution in [-0.4, -0.2) is 25.8 Å². The molecule has 102 valence electrons. The van der Waals surface area contributed by atoms with Gasteiger partial charge in [-0.2, -0.15) is 4.31 Å². The minimum absolute atomic E-state index is 0.0597. The van der Waals surface area contributed by atoms with E-state index in [0.717, 1.165) is 17.7 Å². The van der Waals surface area contributed by atoms with Gasteiger partial charge in [-0.3, -0.25) is 0 Å². The van der Waals surface area contributed by atoms with Crippen LogP contribution < -0.4 is 5.73 Å². The minimum Gasteiger partial charge on any atom is -0.326 e. The highest BCUT2D eigenvalue weighted by molar-refractivity contribution is 7.89. The number of nitrogens with two attached hydrogens (primary N) is 1. The van der Waals surface area contributed by atoms with Gasteiger partial charge in [0.1, 0.15) is 0 Å². The zero-order valence-corrected chi connectivity index (χ0v) is 12.5. The molecule has 1 aromatic rings. The van der Waals surface area contributed by atoms with E-state index in [1.165, 1.54) is 11.3 Å². The molecular formula is C12H20N2O2S2. The number of sulfonamides is 1. The van der Waals surface area contributed by atoms with Crippen LogP contribution in [0.15, 0.2) is 16.3 Å². The summed E-state index contributed by atoms with van der Waals surface area (Å²) in [6, 6.07) is 1.67. The van der Waals surface area contributed by atoms with Crippen LogP contribution in [0.4, 0.5) is 0 Å². The van der Waals surface area contributed by atoms with E-state index in [0.29, 0.717) is 18.0 Å². The lowest BCUT2D eigenvalue weighted by atomic mass is 9.85. The van der Waals surface area contributed by atoms with E-state index in [2.05, 4.69) is 13.8 Å². The average Bonchev–Trinajstić information content (AvgIpc) is 2.76. The highest BCUT2D eigenvalue weighted by atomic mass is 32.2. The highest BCUT2D eigenvalue weighted by Crippen LogP contribution is 2.33. The standard InChI is InChI=1S/C12H20N2O2S2/c1-12(2)5-3-6-14(9-12)18(15,16)11-4-7-17-10(11)8-13/h4,7H,3,5-6,8-9,13H2,1-2H3. The Kier molecular flexibility index (Phi) is 3.82. The first-order valence-corrected chi connectivity index (χ1v) is 8.45. The van der Waals surface area contributed by atoms with Crippen molar-refractivity contribution in [2.45, 2.75) is 38.1 Å². The molecule has 0 atom stereocenters. The monoisotopic (exact) mass is 288 g/mol. The maximum Gasteiger partial charge on any atom is 0.244 e. The Labute approximate surface area is 113 Å². The molecule has 0 aliphatic carbocycles. The molecule has 2 heterocycles. The molecule has 0 amide bonds. The van der Waals surface area contributed by atoms with Gasteiger partial charge in [-0.25, -0.2) is 8.42 Å². The van der Waals surface area contributed by atoms with Crippen LogP contribution in [0.2, 0.25) is 0 Å². The van der Waals surface area contributed by atoms with Crippen LogP contribution in [0.5, 0.6) is 0 Å². The SMILES string of the molecule is CC1(C)CCCN(S(=O)(=O)c2ccsc2CN)C1. The molecular weight excluding hydrogens is 268 g/mol. The summed E-state index contributed by atoms with van der Waals surface area (Å²) < 4.78 is 26.8. The van der Waals surface area contributed by atoms with Gasteiger partial charge >= 0.3 is 0 Å². The summed E-state index contributed by atoms with van der Waals surface area (Å²) in [5.74, 6) is 0. The molecule has 0 aromatic carbocycles. The second kappa shape index (κ2) is 4.92. The molecule has 1 aliphatic heterocycles. The highest BCUT2D eigenvalue weighted by Gasteiger charge is 2.35. The Morgan fingerprint density at radius 3 is 2.83 bits per heavy atom. The maximum absolute atomic E-state index is 12.6. The molecule has 0 radical (unpaired) electrons. The average molecular weight is 288 g/mol. The van der Waals surface area contributed by atoms with Gasteiger partial charge in [0.15, 0.2) is 0 Å². The van der Waals surface area contributed by atoms with Crippen LogP contribution >= 0.6 is 11.3 Å². The van der Waals surface area contributed by atoms with E-state index in [-0.39, 0.29) is 12.0 Å². The first kappa shape index (κ1) is 14.0. The van der Waals surface area contributed by atoms with Crippen LogP contribution in [-0.2, 0) is 16.6 Å². The topological polar surface area (TPSA) is 63.4 Å².